The first-order chi connectivity index (χ1) is 14.1. The topological polar surface area (TPSA) is 69.6 Å². The largest absolute Gasteiger partial charge is 0.481 e. The predicted octanol–water partition coefficient (Wildman–Crippen LogP) is 3.80. The van der Waals surface area contributed by atoms with Gasteiger partial charge in [-0.25, -0.2) is 0 Å². The van der Waals surface area contributed by atoms with Crippen molar-refractivity contribution in [3.8, 4) is 11.1 Å². The van der Waals surface area contributed by atoms with E-state index in [9.17, 15) is 14.7 Å². The number of hydrogen-bond acceptors (Lipinski definition) is 3. The van der Waals surface area contributed by atoms with Gasteiger partial charge in [-0.15, -0.1) is 0 Å². The van der Waals surface area contributed by atoms with Crippen LogP contribution >= 0.6 is 0 Å². The highest BCUT2D eigenvalue weighted by Gasteiger charge is 2.38. The molecule has 4 rings (SSSR count). The van der Waals surface area contributed by atoms with Gasteiger partial charge in [-0.05, 0) is 54.9 Å². The Labute approximate surface area is 171 Å². The second-order valence-electron chi connectivity index (χ2n) is 8.28. The lowest BCUT2D eigenvalue weighted by Crippen LogP contribution is -2.44. The van der Waals surface area contributed by atoms with Gasteiger partial charge in [0, 0.05) is 30.7 Å². The molecule has 2 fully saturated rings. The molecule has 0 unspecified atom stereocenters. The summed E-state index contributed by atoms with van der Waals surface area (Å²) in [6.45, 7) is 1.53. The van der Waals surface area contributed by atoms with Gasteiger partial charge in [0.05, 0.1) is 6.42 Å². The summed E-state index contributed by atoms with van der Waals surface area (Å²) in [6, 6.07) is 18.0. The standard InChI is InChI=1S/C24H28N2O3/c27-23(28)14-21-11-12-22(26(21)16-17-9-10-17)15-25-24(29)20-8-4-7-19(13-20)18-5-2-1-3-6-18/h1-8,13,17,21-22H,9-12,14-16H2,(H,25,29)(H,27,28)/t21-,22+/m1/s1. The first kappa shape index (κ1) is 19.6. The molecular weight excluding hydrogens is 364 g/mol. The van der Waals surface area contributed by atoms with E-state index in [4.69, 9.17) is 0 Å². The van der Waals surface area contributed by atoms with Crippen molar-refractivity contribution < 1.29 is 14.7 Å². The van der Waals surface area contributed by atoms with Gasteiger partial charge >= 0.3 is 5.97 Å². The molecule has 2 aromatic rings. The van der Waals surface area contributed by atoms with Crippen molar-refractivity contribution in [2.24, 2.45) is 5.92 Å². The molecule has 0 radical (unpaired) electrons. The number of benzene rings is 2. The Kier molecular flexibility index (Phi) is 5.95. The van der Waals surface area contributed by atoms with E-state index >= 15 is 0 Å². The maximum atomic E-state index is 12.8. The lowest BCUT2D eigenvalue weighted by Gasteiger charge is -2.29. The summed E-state index contributed by atoms with van der Waals surface area (Å²) >= 11 is 0. The number of likely N-dealkylation sites (tertiary alicyclic amines) is 1. The van der Waals surface area contributed by atoms with E-state index in [1.807, 2.05) is 54.6 Å². The van der Waals surface area contributed by atoms with Crippen LogP contribution in [0.15, 0.2) is 54.6 Å². The molecule has 2 atom stereocenters. The number of nitrogens with zero attached hydrogens (tertiary/aromatic N) is 1. The fraction of sp³-hybridized carbons (Fsp3) is 0.417. The fourth-order valence-corrected chi connectivity index (χ4v) is 4.33. The van der Waals surface area contributed by atoms with Gasteiger partial charge in [0.2, 0.25) is 0 Å². The summed E-state index contributed by atoms with van der Waals surface area (Å²) in [5.74, 6) is -0.112. The molecule has 1 saturated heterocycles. The van der Waals surface area contributed by atoms with Crippen molar-refractivity contribution in [1.82, 2.24) is 10.2 Å². The number of amides is 1. The maximum Gasteiger partial charge on any atom is 0.304 e. The van der Waals surface area contributed by atoms with E-state index in [2.05, 4.69) is 10.2 Å². The molecule has 1 heterocycles. The van der Waals surface area contributed by atoms with Crippen molar-refractivity contribution in [2.45, 2.75) is 44.2 Å². The summed E-state index contributed by atoms with van der Waals surface area (Å²) in [4.78, 5) is 26.3. The number of carbonyl (C=O) groups excluding carboxylic acids is 1. The van der Waals surface area contributed by atoms with Crippen LogP contribution in [0.25, 0.3) is 11.1 Å². The van der Waals surface area contributed by atoms with E-state index in [1.165, 1.54) is 12.8 Å². The van der Waals surface area contributed by atoms with Crippen LogP contribution in [0, 0.1) is 5.92 Å². The van der Waals surface area contributed by atoms with Crippen LogP contribution in [-0.4, -0.2) is 47.1 Å². The molecular formula is C24H28N2O3. The van der Waals surface area contributed by atoms with Crippen LogP contribution in [0.2, 0.25) is 0 Å². The second-order valence-corrected chi connectivity index (χ2v) is 8.28. The average Bonchev–Trinajstić information content (AvgIpc) is 3.49. The molecule has 2 aromatic carbocycles. The van der Waals surface area contributed by atoms with E-state index in [0.29, 0.717) is 18.0 Å². The highest BCUT2D eigenvalue weighted by atomic mass is 16.4. The van der Waals surface area contributed by atoms with Crippen LogP contribution in [-0.2, 0) is 4.79 Å². The van der Waals surface area contributed by atoms with Crippen molar-refractivity contribution >= 4 is 11.9 Å². The SMILES string of the molecule is O=C(O)C[C@H]1CC[C@@H](CNC(=O)c2cccc(-c3ccccc3)c2)N1CC1CC1. The van der Waals surface area contributed by atoms with Crippen molar-refractivity contribution in [3.05, 3.63) is 60.2 Å². The highest BCUT2D eigenvalue weighted by molar-refractivity contribution is 5.95. The van der Waals surface area contributed by atoms with Crippen LogP contribution in [0.3, 0.4) is 0 Å². The molecule has 1 amide bonds. The number of rotatable bonds is 8. The zero-order valence-electron chi connectivity index (χ0n) is 16.6. The molecule has 5 nitrogen and oxygen atoms in total. The third kappa shape index (κ3) is 5.04. The third-order valence-electron chi connectivity index (χ3n) is 6.08. The molecule has 0 bridgehead atoms. The summed E-state index contributed by atoms with van der Waals surface area (Å²) in [5, 5.41) is 12.3. The minimum Gasteiger partial charge on any atom is -0.481 e. The van der Waals surface area contributed by atoms with Crippen LogP contribution in [0.4, 0.5) is 0 Å². The van der Waals surface area contributed by atoms with E-state index in [-0.39, 0.29) is 24.4 Å². The molecule has 2 N–H and O–H groups in total. The van der Waals surface area contributed by atoms with Gasteiger partial charge in [0.25, 0.3) is 5.91 Å². The van der Waals surface area contributed by atoms with E-state index in [1.54, 1.807) is 0 Å². The summed E-state index contributed by atoms with van der Waals surface area (Å²) in [5.41, 5.74) is 2.77. The Morgan fingerprint density at radius 2 is 1.66 bits per heavy atom. The van der Waals surface area contributed by atoms with Crippen molar-refractivity contribution in [1.29, 1.82) is 0 Å². The third-order valence-corrected chi connectivity index (χ3v) is 6.08. The molecule has 1 saturated carbocycles. The van der Waals surface area contributed by atoms with Gasteiger partial charge in [-0.2, -0.15) is 0 Å². The Bertz CT molecular complexity index is 863. The first-order valence-corrected chi connectivity index (χ1v) is 10.5. The Morgan fingerprint density at radius 3 is 2.38 bits per heavy atom. The quantitative estimate of drug-likeness (QED) is 0.717. The molecule has 5 heteroatoms. The summed E-state index contributed by atoms with van der Waals surface area (Å²) in [7, 11) is 0. The van der Waals surface area contributed by atoms with Gasteiger partial charge < -0.3 is 10.4 Å². The second kappa shape index (κ2) is 8.78. The predicted molar refractivity (Wildman–Crippen MR) is 113 cm³/mol. The molecule has 152 valence electrons. The maximum absolute atomic E-state index is 12.8. The monoisotopic (exact) mass is 392 g/mol. The first-order valence-electron chi connectivity index (χ1n) is 10.5. The van der Waals surface area contributed by atoms with Gasteiger partial charge in [0.1, 0.15) is 0 Å². The zero-order valence-corrected chi connectivity index (χ0v) is 16.6. The molecule has 2 aliphatic rings. The fourth-order valence-electron chi connectivity index (χ4n) is 4.33. The Balaban J connectivity index is 1.39. The summed E-state index contributed by atoms with van der Waals surface area (Å²) < 4.78 is 0. The van der Waals surface area contributed by atoms with Crippen LogP contribution < -0.4 is 5.32 Å². The number of carbonyl (C=O) groups is 2. The van der Waals surface area contributed by atoms with Crippen molar-refractivity contribution in [3.63, 3.8) is 0 Å². The Hall–Kier alpha value is -2.66. The molecule has 0 spiro atoms. The number of hydrogen-bond donors (Lipinski definition) is 2. The number of aliphatic carboxylic acids is 1. The lowest BCUT2D eigenvalue weighted by atomic mass is 10.0. The Morgan fingerprint density at radius 1 is 0.931 bits per heavy atom. The normalized spacial score (nSPS) is 21.8. The van der Waals surface area contributed by atoms with E-state index < -0.39 is 5.97 Å². The van der Waals surface area contributed by atoms with Gasteiger partial charge in [-0.1, -0.05) is 42.5 Å². The smallest absolute Gasteiger partial charge is 0.304 e. The van der Waals surface area contributed by atoms with Gasteiger partial charge in [0.15, 0.2) is 0 Å². The van der Waals surface area contributed by atoms with Crippen LogP contribution in [0.5, 0.6) is 0 Å². The average molecular weight is 392 g/mol. The molecule has 0 aromatic heterocycles. The molecule has 29 heavy (non-hydrogen) atoms. The number of nitrogens with one attached hydrogen (secondary N) is 1. The molecule has 1 aliphatic heterocycles. The lowest BCUT2D eigenvalue weighted by molar-refractivity contribution is -0.138. The minimum absolute atomic E-state index is 0.0733. The van der Waals surface area contributed by atoms with Crippen LogP contribution in [0.1, 0.15) is 42.5 Å². The number of carboxylic acids is 1. The van der Waals surface area contributed by atoms with E-state index in [0.717, 1.165) is 30.5 Å². The molecule has 1 aliphatic carbocycles. The van der Waals surface area contributed by atoms with Gasteiger partial charge in [-0.3, -0.25) is 14.5 Å². The number of carboxylic acid groups (broad SMARTS) is 1. The van der Waals surface area contributed by atoms with Crippen molar-refractivity contribution in [2.75, 3.05) is 13.1 Å². The zero-order chi connectivity index (χ0) is 20.2. The highest BCUT2D eigenvalue weighted by Crippen LogP contribution is 2.35. The minimum atomic E-state index is -0.738. The summed E-state index contributed by atoms with van der Waals surface area (Å²) in [6.07, 6.45) is 4.50.